The monoisotopic (exact) mass is 598 g/mol. The molecule has 0 aromatic heterocycles. The highest BCUT2D eigenvalue weighted by Crippen LogP contribution is 2.62. The zero-order chi connectivity index (χ0) is 29.5. The highest BCUT2D eigenvalue weighted by molar-refractivity contribution is 7.76. The standard InChI is InChI=1S/2C16H36P.H2O3S/c2*1-5-9-13-17(14-10-6-2,15-11-7-3)16-12-8-4;1-4(2)3/h2*5-16H2,1-4H3;(H2,1,2,3)/q2*+1;/p-2. The van der Waals surface area contributed by atoms with Crippen molar-refractivity contribution in [2.24, 2.45) is 0 Å². The van der Waals surface area contributed by atoms with Gasteiger partial charge < -0.3 is 9.11 Å². The van der Waals surface area contributed by atoms with Crippen molar-refractivity contribution in [3.05, 3.63) is 0 Å². The predicted octanol–water partition coefficient (Wildman–Crippen LogP) is 11.4. The summed E-state index contributed by atoms with van der Waals surface area (Å²) in [5.74, 6) is 0. The van der Waals surface area contributed by atoms with Gasteiger partial charge in [0.15, 0.2) is 0 Å². The van der Waals surface area contributed by atoms with Gasteiger partial charge in [-0.05, 0) is 51.4 Å². The molecule has 234 valence electrons. The van der Waals surface area contributed by atoms with Gasteiger partial charge >= 0.3 is 0 Å². The van der Waals surface area contributed by atoms with E-state index in [4.69, 9.17) is 13.3 Å². The van der Waals surface area contributed by atoms with Gasteiger partial charge in [-0.25, -0.2) is 0 Å². The van der Waals surface area contributed by atoms with Gasteiger partial charge in [0, 0.05) is 14.5 Å². The third-order valence-electron chi connectivity index (χ3n) is 7.89. The van der Waals surface area contributed by atoms with Crippen molar-refractivity contribution in [1.29, 1.82) is 0 Å². The minimum absolute atomic E-state index is 0.562. The van der Waals surface area contributed by atoms with Gasteiger partial charge in [0.2, 0.25) is 0 Å². The molecular weight excluding hydrogens is 526 g/mol. The fraction of sp³-hybridized carbons (Fsp3) is 1.00. The van der Waals surface area contributed by atoms with Crippen LogP contribution in [0, 0.1) is 0 Å². The highest BCUT2D eigenvalue weighted by Gasteiger charge is 2.35. The number of rotatable bonds is 24. The minimum Gasteiger partial charge on any atom is -0.784 e. The quantitative estimate of drug-likeness (QED) is 0.0820. The van der Waals surface area contributed by atoms with Crippen LogP contribution in [0.15, 0.2) is 0 Å². The van der Waals surface area contributed by atoms with Crippen LogP contribution in [0.4, 0.5) is 0 Å². The third kappa shape index (κ3) is 28.5. The highest BCUT2D eigenvalue weighted by atomic mass is 32.2. The Bertz CT molecular complexity index is 363. The van der Waals surface area contributed by atoms with Gasteiger partial charge in [0.1, 0.15) is 0 Å². The van der Waals surface area contributed by atoms with Crippen molar-refractivity contribution in [3.63, 3.8) is 0 Å². The number of hydrogen-bond donors (Lipinski definition) is 0. The Balaban J connectivity index is -0.000000564. The molecule has 0 radical (unpaired) electrons. The summed E-state index contributed by atoms with van der Waals surface area (Å²) in [6, 6.07) is 0. The molecule has 0 bridgehead atoms. The van der Waals surface area contributed by atoms with E-state index in [9.17, 15) is 0 Å². The van der Waals surface area contributed by atoms with Crippen LogP contribution < -0.4 is 0 Å². The lowest BCUT2D eigenvalue weighted by molar-refractivity contribution is 0.419. The summed E-state index contributed by atoms with van der Waals surface area (Å²) in [4.78, 5) is 0. The molecule has 0 aromatic carbocycles. The van der Waals surface area contributed by atoms with Gasteiger partial charge in [-0.1, -0.05) is 107 Å². The Hall–Kier alpha value is 0.930. The largest absolute Gasteiger partial charge is 0.784 e. The molecular formula is C32H72O3P2S. The van der Waals surface area contributed by atoms with Crippen LogP contribution in [0.5, 0.6) is 0 Å². The second-order valence-corrected chi connectivity index (χ2v) is 20.9. The smallest absolute Gasteiger partial charge is 0.0594 e. The first-order valence-electron chi connectivity index (χ1n) is 16.7. The Labute approximate surface area is 246 Å². The summed E-state index contributed by atoms with van der Waals surface area (Å²) in [5.41, 5.74) is 0. The fourth-order valence-electron chi connectivity index (χ4n) is 5.29. The van der Waals surface area contributed by atoms with Crippen molar-refractivity contribution in [3.8, 4) is 0 Å². The van der Waals surface area contributed by atoms with Crippen LogP contribution in [0.25, 0.3) is 0 Å². The minimum atomic E-state index is -3.11. The van der Waals surface area contributed by atoms with E-state index in [1.165, 1.54) is 103 Å². The molecule has 0 unspecified atom stereocenters. The average Bonchev–Trinajstić information content (AvgIpc) is 2.91. The third-order valence-corrected chi connectivity index (χ3v) is 18.0. The van der Waals surface area contributed by atoms with Crippen LogP contribution in [0.1, 0.15) is 158 Å². The molecule has 0 aliphatic rings. The SMILES string of the molecule is CCCC[P+](CCCC)(CCCC)CCCC.CCCC[P+](CCCC)(CCCC)CCCC.O=S([O-])[O-]. The lowest BCUT2D eigenvalue weighted by Crippen LogP contribution is -2.12. The molecule has 0 atom stereocenters. The van der Waals surface area contributed by atoms with Crippen molar-refractivity contribution in [2.75, 3.05) is 49.3 Å². The summed E-state index contributed by atoms with van der Waals surface area (Å²) < 4.78 is 25.3. The Morgan fingerprint density at radius 2 is 0.474 bits per heavy atom. The second kappa shape index (κ2) is 32.4. The molecule has 38 heavy (non-hydrogen) atoms. The topological polar surface area (TPSA) is 63.2 Å². The zero-order valence-electron chi connectivity index (χ0n) is 27.5. The summed E-state index contributed by atoms with van der Waals surface area (Å²) in [5, 5.41) is 0. The molecule has 0 amide bonds. The first-order chi connectivity index (χ1) is 18.2. The van der Waals surface area contributed by atoms with E-state index in [1.807, 2.05) is 0 Å². The van der Waals surface area contributed by atoms with Crippen LogP contribution in [0.3, 0.4) is 0 Å². The number of hydrogen-bond acceptors (Lipinski definition) is 3. The molecule has 0 aliphatic carbocycles. The van der Waals surface area contributed by atoms with E-state index in [-0.39, 0.29) is 0 Å². The maximum absolute atomic E-state index is 8.44. The Kier molecular flexibility index (Phi) is 37.0. The van der Waals surface area contributed by atoms with Crippen LogP contribution in [-0.2, 0) is 11.4 Å². The average molecular weight is 599 g/mol. The molecule has 0 rings (SSSR count). The maximum atomic E-state index is 8.44. The van der Waals surface area contributed by atoms with Crippen LogP contribution in [0.2, 0.25) is 0 Å². The lowest BCUT2D eigenvalue weighted by atomic mass is 10.4. The van der Waals surface area contributed by atoms with Crippen molar-refractivity contribution in [1.82, 2.24) is 0 Å². The summed E-state index contributed by atoms with van der Waals surface area (Å²) in [6.45, 7) is 18.8. The molecule has 3 nitrogen and oxygen atoms in total. The zero-order valence-corrected chi connectivity index (χ0v) is 30.1. The molecule has 0 saturated carbocycles. The molecule has 0 aliphatic heterocycles. The van der Waals surface area contributed by atoms with E-state index in [1.54, 1.807) is 49.3 Å². The van der Waals surface area contributed by atoms with Gasteiger partial charge in [-0.3, -0.25) is 4.21 Å². The first kappa shape index (κ1) is 43.4. The lowest BCUT2D eigenvalue weighted by Gasteiger charge is -2.28. The number of unbranched alkanes of at least 4 members (excludes halogenated alkanes) is 8. The Morgan fingerprint density at radius 1 is 0.368 bits per heavy atom. The van der Waals surface area contributed by atoms with E-state index in [0.717, 1.165) is 0 Å². The summed E-state index contributed by atoms with van der Waals surface area (Å²) in [7, 11) is -1.12. The van der Waals surface area contributed by atoms with Crippen LogP contribution in [-0.4, -0.2) is 62.6 Å². The Morgan fingerprint density at radius 3 is 0.553 bits per heavy atom. The summed E-state index contributed by atoms with van der Waals surface area (Å²) in [6.07, 6.45) is 35.9. The second-order valence-electron chi connectivity index (χ2n) is 11.5. The van der Waals surface area contributed by atoms with E-state index >= 15 is 0 Å². The van der Waals surface area contributed by atoms with E-state index in [0.29, 0.717) is 0 Å². The molecule has 6 heteroatoms. The first-order valence-corrected chi connectivity index (χ1v) is 22.7. The van der Waals surface area contributed by atoms with Gasteiger partial charge in [-0.2, -0.15) is 0 Å². The van der Waals surface area contributed by atoms with Crippen molar-refractivity contribution < 1.29 is 13.3 Å². The van der Waals surface area contributed by atoms with Crippen molar-refractivity contribution in [2.45, 2.75) is 158 Å². The van der Waals surface area contributed by atoms with Crippen LogP contribution >= 0.6 is 14.5 Å². The van der Waals surface area contributed by atoms with E-state index < -0.39 is 25.9 Å². The molecule has 0 aromatic rings. The maximum Gasteiger partial charge on any atom is 0.0594 e. The summed E-state index contributed by atoms with van der Waals surface area (Å²) >= 11 is -3.11. The molecule has 0 saturated heterocycles. The molecule has 0 N–H and O–H groups in total. The van der Waals surface area contributed by atoms with Crippen molar-refractivity contribution >= 4 is 25.9 Å². The van der Waals surface area contributed by atoms with Gasteiger partial charge in [-0.15, -0.1) is 11.4 Å². The molecule has 0 spiro atoms. The van der Waals surface area contributed by atoms with Gasteiger partial charge in [0.25, 0.3) is 0 Å². The normalized spacial score (nSPS) is 11.7. The molecule has 0 fully saturated rings. The predicted molar refractivity (Wildman–Crippen MR) is 182 cm³/mol. The van der Waals surface area contributed by atoms with E-state index in [2.05, 4.69) is 55.4 Å². The van der Waals surface area contributed by atoms with Gasteiger partial charge in [0.05, 0.1) is 49.3 Å². The fourth-order valence-corrected chi connectivity index (χ4v) is 15.9. The molecule has 0 heterocycles.